The molecular weight excluding hydrogens is 338 g/mol. The molecule has 0 saturated carbocycles. The van der Waals surface area contributed by atoms with Crippen molar-refractivity contribution in [1.29, 1.82) is 0 Å². The molecule has 0 aromatic heterocycles. The van der Waals surface area contributed by atoms with Crippen LogP contribution in [-0.2, 0) is 4.79 Å². The van der Waals surface area contributed by atoms with E-state index < -0.39 is 5.25 Å². The van der Waals surface area contributed by atoms with Crippen molar-refractivity contribution < 1.29 is 14.7 Å². The summed E-state index contributed by atoms with van der Waals surface area (Å²) in [5, 5.41) is 19.9. The maximum Gasteiger partial charge on any atom is 0.240 e. The molecule has 1 fully saturated rings. The fraction of sp³-hybridized carbons (Fsp3) is 0.111. The van der Waals surface area contributed by atoms with Gasteiger partial charge < -0.3 is 10.4 Å². The van der Waals surface area contributed by atoms with E-state index in [1.165, 1.54) is 18.0 Å². The summed E-state index contributed by atoms with van der Waals surface area (Å²) in [6, 6.07) is 15.6. The fourth-order valence-corrected chi connectivity index (χ4v) is 3.16. The topological polar surface area (TPSA) is 91.1 Å². The standard InChI is InChI=1S/C18H15N3O3S/c22-14-9-5-4-8-13(14)11-19-21-18-20-17(24)16(25-18)10-15(23)12-6-2-1-3-7-12/h1-9,11,16,22H,10H2,(H,20,21,24)/b19-11-/t16-/m1/s1. The Bertz CT molecular complexity index is 850. The second-order valence-electron chi connectivity index (χ2n) is 5.30. The van der Waals surface area contributed by atoms with Gasteiger partial charge in [0.2, 0.25) is 5.91 Å². The van der Waals surface area contributed by atoms with Crippen molar-refractivity contribution in [3.05, 3.63) is 65.7 Å². The molecule has 25 heavy (non-hydrogen) atoms. The van der Waals surface area contributed by atoms with Crippen LogP contribution in [0.2, 0.25) is 0 Å². The Morgan fingerprint density at radius 3 is 2.64 bits per heavy atom. The first kappa shape index (κ1) is 16.9. The van der Waals surface area contributed by atoms with Gasteiger partial charge in [-0.05, 0) is 12.1 Å². The minimum atomic E-state index is -0.521. The highest BCUT2D eigenvalue weighted by molar-refractivity contribution is 8.15. The lowest BCUT2D eigenvalue weighted by Crippen LogP contribution is -2.26. The van der Waals surface area contributed by atoms with Crippen molar-refractivity contribution in [2.75, 3.05) is 0 Å². The number of thioether (sulfide) groups is 1. The zero-order valence-electron chi connectivity index (χ0n) is 13.1. The van der Waals surface area contributed by atoms with Gasteiger partial charge in [-0.1, -0.05) is 54.2 Å². The maximum atomic E-state index is 12.2. The number of aromatic hydroxyl groups is 1. The van der Waals surface area contributed by atoms with Gasteiger partial charge in [0, 0.05) is 17.5 Å². The Hall–Kier alpha value is -2.93. The number of phenols is 1. The van der Waals surface area contributed by atoms with Crippen molar-refractivity contribution in [1.82, 2.24) is 5.32 Å². The summed E-state index contributed by atoms with van der Waals surface area (Å²) in [7, 11) is 0. The minimum absolute atomic E-state index is 0.0905. The number of nitrogens with zero attached hydrogens (tertiary/aromatic N) is 2. The number of nitrogens with one attached hydrogen (secondary N) is 1. The largest absolute Gasteiger partial charge is 0.507 e. The molecule has 126 valence electrons. The zero-order valence-corrected chi connectivity index (χ0v) is 13.9. The molecule has 0 spiro atoms. The summed E-state index contributed by atoms with van der Waals surface area (Å²) in [5.41, 5.74) is 1.11. The van der Waals surface area contributed by atoms with Crippen LogP contribution in [0.5, 0.6) is 5.75 Å². The maximum absolute atomic E-state index is 12.2. The number of ketones is 1. The summed E-state index contributed by atoms with van der Waals surface area (Å²) in [6.07, 6.45) is 1.50. The van der Waals surface area contributed by atoms with Crippen molar-refractivity contribution in [2.45, 2.75) is 11.7 Å². The van der Waals surface area contributed by atoms with Gasteiger partial charge in [-0.25, -0.2) is 0 Å². The average molecular weight is 353 g/mol. The van der Waals surface area contributed by atoms with Crippen LogP contribution in [0.25, 0.3) is 0 Å². The molecule has 0 unspecified atom stereocenters. The zero-order chi connectivity index (χ0) is 17.6. The highest BCUT2D eigenvalue weighted by Gasteiger charge is 2.32. The Morgan fingerprint density at radius 1 is 1.16 bits per heavy atom. The highest BCUT2D eigenvalue weighted by Crippen LogP contribution is 2.24. The molecule has 0 radical (unpaired) electrons. The van der Waals surface area contributed by atoms with E-state index in [1.54, 1.807) is 48.5 Å². The van der Waals surface area contributed by atoms with Crippen molar-refractivity contribution >= 4 is 34.8 Å². The number of amides is 1. The van der Waals surface area contributed by atoms with Crippen molar-refractivity contribution in [2.24, 2.45) is 10.2 Å². The summed E-state index contributed by atoms with van der Waals surface area (Å²) in [4.78, 5) is 24.2. The first-order chi connectivity index (χ1) is 12.1. The van der Waals surface area contributed by atoms with Gasteiger partial charge in [-0.15, -0.1) is 5.10 Å². The normalized spacial score (nSPS) is 18.6. The number of hydrogen-bond donors (Lipinski definition) is 2. The third-order valence-electron chi connectivity index (χ3n) is 3.53. The van der Waals surface area contributed by atoms with Gasteiger partial charge >= 0.3 is 0 Å². The number of hydrogen-bond acceptors (Lipinski definition) is 6. The molecule has 2 aromatic rings. The van der Waals surface area contributed by atoms with Crippen LogP contribution in [0, 0.1) is 0 Å². The molecule has 2 N–H and O–H groups in total. The lowest BCUT2D eigenvalue weighted by Gasteiger charge is -2.04. The number of rotatable bonds is 5. The molecule has 1 aliphatic rings. The second kappa shape index (κ2) is 7.76. The third kappa shape index (κ3) is 4.33. The quantitative estimate of drug-likeness (QED) is 0.491. The van der Waals surface area contributed by atoms with E-state index in [0.717, 1.165) is 0 Å². The number of phenolic OH excluding ortho intramolecular Hbond substituents is 1. The molecule has 7 heteroatoms. The number of benzene rings is 2. The molecule has 1 amide bonds. The van der Waals surface area contributed by atoms with Crippen LogP contribution < -0.4 is 5.32 Å². The summed E-state index contributed by atoms with van der Waals surface area (Å²) >= 11 is 1.17. The number of carbonyl (C=O) groups excluding carboxylic acids is 2. The Balaban J connectivity index is 1.62. The molecule has 6 nitrogen and oxygen atoms in total. The van der Waals surface area contributed by atoms with Gasteiger partial charge in [-0.3, -0.25) is 9.59 Å². The van der Waals surface area contributed by atoms with E-state index in [1.807, 2.05) is 6.07 Å². The van der Waals surface area contributed by atoms with Gasteiger partial charge in [0.1, 0.15) is 5.75 Å². The van der Waals surface area contributed by atoms with Gasteiger partial charge in [0.15, 0.2) is 11.0 Å². The summed E-state index contributed by atoms with van der Waals surface area (Å²) in [5.74, 6) is -0.251. The molecule has 0 bridgehead atoms. The van der Waals surface area contributed by atoms with Crippen LogP contribution in [0.3, 0.4) is 0 Å². The smallest absolute Gasteiger partial charge is 0.240 e. The molecule has 0 aliphatic carbocycles. The number of carbonyl (C=O) groups is 2. The van der Waals surface area contributed by atoms with E-state index in [2.05, 4.69) is 15.5 Å². The third-order valence-corrected chi connectivity index (χ3v) is 4.60. The number of amidine groups is 1. The first-order valence-electron chi connectivity index (χ1n) is 7.58. The van der Waals surface area contributed by atoms with E-state index in [0.29, 0.717) is 16.3 Å². The Labute approximate surface area is 148 Å². The lowest BCUT2D eigenvalue weighted by atomic mass is 10.1. The Kier molecular flexibility index (Phi) is 5.25. The summed E-state index contributed by atoms with van der Waals surface area (Å²) in [6.45, 7) is 0. The predicted molar refractivity (Wildman–Crippen MR) is 98.0 cm³/mol. The molecule has 2 aromatic carbocycles. The van der Waals surface area contributed by atoms with Gasteiger partial charge in [-0.2, -0.15) is 5.10 Å². The van der Waals surface area contributed by atoms with Crippen molar-refractivity contribution in [3.63, 3.8) is 0 Å². The molecule has 1 atom stereocenters. The van der Waals surface area contributed by atoms with E-state index >= 15 is 0 Å². The second-order valence-corrected chi connectivity index (χ2v) is 6.49. The van der Waals surface area contributed by atoms with Crippen LogP contribution >= 0.6 is 11.8 Å². The SMILES string of the molecule is O=C(C[C@H]1S/C(=N\N=C/c2ccccc2O)NC1=O)c1ccccc1. The molecule has 1 heterocycles. The van der Waals surface area contributed by atoms with Crippen LogP contribution in [-0.4, -0.2) is 33.4 Å². The predicted octanol–water partition coefficient (Wildman–Crippen LogP) is 2.59. The van der Waals surface area contributed by atoms with E-state index in [4.69, 9.17) is 0 Å². The van der Waals surface area contributed by atoms with Crippen LogP contribution in [0.15, 0.2) is 64.8 Å². The molecule has 3 rings (SSSR count). The number of Topliss-reactive ketones (excluding diaryl/α,β-unsaturated/α-hetero) is 1. The first-order valence-corrected chi connectivity index (χ1v) is 8.46. The van der Waals surface area contributed by atoms with Gasteiger partial charge in [0.05, 0.1) is 11.5 Å². The lowest BCUT2D eigenvalue weighted by molar-refractivity contribution is -0.118. The molecule has 1 aliphatic heterocycles. The summed E-state index contributed by atoms with van der Waals surface area (Å²) < 4.78 is 0. The average Bonchev–Trinajstić information content (AvgIpc) is 2.97. The molecular formula is C18H15N3O3S. The monoisotopic (exact) mass is 353 g/mol. The van der Waals surface area contributed by atoms with E-state index in [-0.39, 0.29) is 23.9 Å². The van der Waals surface area contributed by atoms with Crippen LogP contribution in [0.4, 0.5) is 0 Å². The Morgan fingerprint density at radius 2 is 1.88 bits per heavy atom. The fourth-order valence-electron chi connectivity index (χ4n) is 2.24. The minimum Gasteiger partial charge on any atom is -0.507 e. The molecule has 1 saturated heterocycles. The van der Waals surface area contributed by atoms with E-state index in [9.17, 15) is 14.7 Å². The van der Waals surface area contributed by atoms with Gasteiger partial charge in [0.25, 0.3) is 0 Å². The van der Waals surface area contributed by atoms with Crippen molar-refractivity contribution in [3.8, 4) is 5.75 Å². The van der Waals surface area contributed by atoms with Crippen LogP contribution in [0.1, 0.15) is 22.3 Å². The highest BCUT2D eigenvalue weighted by atomic mass is 32.2. The number of para-hydroxylation sites is 1.